The molecule has 0 rings (SSSR count). The second-order valence-electron chi connectivity index (χ2n) is 15.6. The van der Waals surface area contributed by atoms with Crippen molar-refractivity contribution in [2.24, 2.45) is 0 Å². The molecule has 0 aliphatic carbocycles. The smallest absolute Gasteiger partial charge is 0.285 e. The topological polar surface area (TPSA) is 51.2 Å². The van der Waals surface area contributed by atoms with Crippen LogP contribution in [0.1, 0.15) is 253 Å². The van der Waals surface area contributed by atoms with Crippen LogP contribution in [0.15, 0.2) is 0 Å². The van der Waals surface area contributed by atoms with Crippen LogP contribution in [-0.4, -0.2) is 42.9 Å². The highest BCUT2D eigenvalue weighted by Crippen LogP contribution is 2.51. The van der Waals surface area contributed by atoms with Crippen molar-refractivity contribution in [3.63, 3.8) is 0 Å². The summed E-state index contributed by atoms with van der Waals surface area (Å²) >= 11 is 0. The van der Waals surface area contributed by atoms with Crippen LogP contribution in [0.4, 0.5) is 0 Å². The van der Waals surface area contributed by atoms with E-state index in [0.717, 1.165) is 64.7 Å². The molecule has 0 saturated heterocycles. The van der Waals surface area contributed by atoms with Gasteiger partial charge in [0, 0.05) is 26.2 Å². The number of hydroxylamine groups is 4. The number of nitrogens with zero attached hydrogens (tertiary/aromatic N) is 2. The van der Waals surface area contributed by atoms with Gasteiger partial charge in [-0.05, 0) is 32.1 Å². The highest BCUT2D eigenvalue weighted by Gasteiger charge is 2.34. The number of unbranched alkanes of at least 4 members (excludes halogenated alkanes) is 29. The van der Waals surface area contributed by atoms with Crippen molar-refractivity contribution < 1.29 is 18.3 Å². The molecule has 0 saturated carbocycles. The average Bonchev–Trinajstić information content (AvgIpc) is 3.12. The van der Waals surface area contributed by atoms with E-state index in [1.807, 2.05) is 10.1 Å². The van der Waals surface area contributed by atoms with Crippen molar-refractivity contribution in [3.05, 3.63) is 0 Å². The zero-order valence-corrected chi connectivity index (χ0v) is 36.4. The molecule has 0 aliphatic rings. The fraction of sp³-hybridized carbons (Fsp3) is 1.00. The second-order valence-corrected chi connectivity index (χ2v) is 17.0. The number of hydrogen-bond acceptors (Lipinski definition) is 6. The molecule has 308 valence electrons. The third kappa shape index (κ3) is 36.8. The lowest BCUT2D eigenvalue weighted by atomic mass is 10.1. The van der Waals surface area contributed by atoms with Gasteiger partial charge in [-0.25, -0.2) is 4.57 Å². The van der Waals surface area contributed by atoms with Crippen LogP contribution in [0.2, 0.25) is 0 Å². The highest BCUT2D eigenvalue weighted by atomic mass is 31.2. The first-order valence-corrected chi connectivity index (χ1v) is 24.6. The predicted molar refractivity (Wildman–Crippen MR) is 224 cm³/mol. The van der Waals surface area contributed by atoms with Crippen molar-refractivity contribution in [1.82, 2.24) is 10.1 Å². The Kier molecular flexibility index (Phi) is 41.2. The molecule has 0 heterocycles. The largest absolute Gasteiger partial charge is 0.508 e. The van der Waals surface area contributed by atoms with Crippen molar-refractivity contribution in [2.75, 3.05) is 32.8 Å². The molecule has 0 radical (unpaired) electrons. The van der Waals surface area contributed by atoms with E-state index in [1.165, 1.54) is 180 Å². The van der Waals surface area contributed by atoms with E-state index in [2.05, 4.69) is 34.6 Å². The lowest BCUT2D eigenvalue weighted by molar-refractivity contribution is -0.148. The maximum absolute atomic E-state index is 14.6. The Bertz CT molecular complexity index is 639. The number of rotatable bonds is 44. The van der Waals surface area contributed by atoms with Gasteiger partial charge in [-0.2, -0.15) is 19.4 Å². The molecule has 0 aromatic carbocycles. The van der Waals surface area contributed by atoms with Crippen LogP contribution >= 0.6 is 7.82 Å². The third-order valence-corrected chi connectivity index (χ3v) is 11.6. The fourth-order valence-corrected chi connectivity index (χ4v) is 8.14. The van der Waals surface area contributed by atoms with Gasteiger partial charge >= 0.3 is 7.82 Å². The van der Waals surface area contributed by atoms with Crippen molar-refractivity contribution in [1.29, 1.82) is 0 Å². The van der Waals surface area contributed by atoms with Crippen LogP contribution in [0.5, 0.6) is 0 Å². The minimum absolute atomic E-state index is 0.428. The zero-order chi connectivity index (χ0) is 37.4. The van der Waals surface area contributed by atoms with Crippen molar-refractivity contribution in [2.45, 2.75) is 253 Å². The Morgan fingerprint density at radius 1 is 0.314 bits per heavy atom. The zero-order valence-electron chi connectivity index (χ0n) is 35.6. The molecule has 0 fully saturated rings. The molecule has 7 heteroatoms. The van der Waals surface area contributed by atoms with Gasteiger partial charge in [-0.1, -0.05) is 221 Å². The quantitative estimate of drug-likeness (QED) is 0.0352. The Morgan fingerprint density at radius 2 is 0.529 bits per heavy atom. The van der Waals surface area contributed by atoms with Gasteiger partial charge < -0.3 is 0 Å². The SMILES string of the molecule is CCCCCCCCCCCCOP(=O)(ON(CCCCCCCC)CCCCCCCC)ON(CCCCCCCC)CCCCCCCC. The summed E-state index contributed by atoms with van der Waals surface area (Å²) in [5.41, 5.74) is 0. The highest BCUT2D eigenvalue weighted by molar-refractivity contribution is 7.48. The van der Waals surface area contributed by atoms with Gasteiger partial charge in [0.05, 0.1) is 6.61 Å². The van der Waals surface area contributed by atoms with E-state index >= 15 is 0 Å². The first-order chi connectivity index (χ1) is 25.0. The average molecular weight is 745 g/mol. The molecule has 0 aliphatic heterocycles. The first-order valence-electron chi connectivity index (χ1n) is 23.2. The van der Waals surface area contributed by atoms with E-state index in [4.69, 9.17) is 13.8 Å². The fourth-order valence-electron chi connectivity index (χ4n) is 6.77. The molecule has 6 nitrogen and oxygen atoms in total. The number of phosphoric acid groups is 1. The van der Waals surface area contributed by atoms with E-state index in [9.17, 15) is 4.57 Å². The summed E-state index contributed by atoms with van der Waals surface area (Å²) in [5.74, 6) is 0. The molecule has 0 unspecified atom stereocenters. The Labute approximate surface area is 321 Å². The summed E-state index contributed by atoms with van der Waals surface area (Å²) in [5, 5.41) is 3.93. The number of hydrogen-bond donors (Lipinski definition) is 0. The molecule has 0 aromatic heterocycles. The molecule has 0 amide bonds. The predicted octanol–water partition coefficient (Wildman–Crippen LogP) is 15.9. The van der Waals surface area contributed by atoms with Crippen molar-refractivity contribution in [3.8, 4) is 0 Å². The Morgan fingerprint density at radius 3 is 0.784 bits per heavy atom. The summed E-state index contributed by atoms with van der Waals surface area (Å²) in [6, 6.07) is 0. The Balaban J connectivity index is 5.50. The lowest BCUT2D eigenvalue weighted by Gasteiger charge is -2.30. The van der Waals surface area contributed by atoms with Gasteiger partial charge in [-0.3, -0.25) is 4.52 Å². The summed E-state index contributed by atoms with van der Waals surface area (Å²) in [7, 11) is -3.82. The normalized spacial score (nSPS) is 12.2. The molecule has 0 atom stereocenters. The molecule has 0 N–H and O–H groups in total. The maximum Gasteiger partial charge on any atom is 0.508 e. The van der Waals surface area contributed by atoms with E-state index in [0.29, 0.717) is 6.61 Å². The first kappa shape index (κ1) is 51.0. The van der Waals surface area contributed by atoms with E-state index < -0.39 is 7.82 Å². The Hall–Kier alpha value is 0.0300. The molecule has 0 aromatic rings. The standard InChI is InChI=1S/C44H93N2O4P/c1-6-11-16-21-26-27-28-29-34-39-44-48-51(47,49-45(40-35-30-22-17-12-7-2)41-36-31-23-18-13-8-3)50-46(42-37-32-24-19-14-9-4)43-38-33-25-20-15-10-5/h6-44H2,1-5H3. The van der Waals surface area contributed by atoms with Gasteiger partial charge in [0.1, 0.15) is 0 Å². The van der Waals surface area contributed by atoms with Crippen LogP contribution in [0.3, 0.4) is 0 Å². The maximum atomic E-state index is 14.6. The molecule has 0 spiro atoms. The van der Waals surface area contributed by atoms with Gasteiger partial charge in [-0.15, -0.1) is 0 Å². The molecule has 0 bridgehead atoms. The van der Waals surface area contributed by atoms with Crippen molar-refractivity contribution >= 4 is 7.82 Å². The van der Waals surface area contributed by atoms with E-state index in [1.54, 1.807) is 0 Å². The lowest BCUT2D eigenvalue weighted by Crippen LogP contribution is -2.31. The summed E-state index contributed by atoms with van der Waals surface area (Å²) in [4.78, 5) is 0. The molecular formula is C44H93N2O4P. The summed E-state index contributed by atoms with van der Waals surface area (Å²) in [6.07, 6.45) is 42.0. The second kappa shape index (κ2) is 41.2. The van der Waals surface area contributed by atoms with E-state index in [-0.39, 0.29) is 0 Å². The molecular weight excluding hydrogens is 651 g/mol. The van der Waals surface area contributed by atoms with Crippen LogP contribution in [-0.2, 0) is 18.3 Å². The minimum atomic E-state index is -3.82. The minimum Gasteiger partial charge on any atom is -0.285 e. The van der Waals surface area contributed by atoms with Gasteiger partial charge in [0.25, 0.3) is 0 Å². The van der Waals surface area contributed by atoms with Crippen LogP contribution in [0, 0.1) is 0 Å². The van der Waals surface area contributed by atoms with Gasteiger partial charge in [0.15, 0.2) is 0 Å². The van der Waals surface area contributed by atoms with Gasteiger partial charge in [0.2, 0.25) is 0 Å². The van der Waals surface area contributed by atoms with Crippen LogP contribution in [0.25, 0.3) is 0 Å². The molecule has 51 heavy (non-hydrogen) atoms. The summed E-state index contributed by atoms with van der Waals surface area (Å²) < 4.78 is 33.7. The monoisotopic (exact) mass is 745 g/mol. The van der Waals surface area contributed by atoms with Crippen LogP contribution < -0.4 is 0 Å². The third-order valence-electron chi connectivity index (χ3n) is 10.2. The summed E-state index contributed by atoms with van der Waals surface area (Å²) in [6.45, 7) is 14.9.